The zero-order chi connectivity index (χ0) is 20.4. The average Bonchev–Trinajstić information content (AvgIpc) is 3.18. The third-order valence-corrected chi connectivity index (χ3v) is 6.93. The standard InChI is InChI=1S/C21H22FN3O3S/c1-16-2-8-20(9-3-16)29(26,27)25-12-10-24(11-13-25)14-19-15-28-21(23-19)17-4-6-18(22)7-5-17/h2-9,15H,10-14H2,1H3. The van der Waals surface area contributed by atoms with Gasteiger partial charge in [-0.1, -0.05) is 17.7 Å². The Kier molecular flexibility index (Phi) is 5.49. The first kappa shape index (κ1) is 19.8. The molecule has 0 amide bonds. The van der Waals surface area contributed by atoms with Gasteiger partial charge in [-0.15, -0.1) is 0 Å². The minimum Gasteiger partial charge on any atom is -0.444 e. The SMILES string of the molecule is Cc1ccc(S(=O)(=O)N2CCN(Cc3coc(-c4ccc(F)cc4)n3)CC2)cc1. The van der Waals surface area contributed by atoms with Crippen LogP contribution in [0.25, 0.3) is 11.5 Å². The molecule has 1 fully saturated rings. The molecule has 0 saturated carbocycles. The molecule has 0 spiro atoms. The van der Waals surface area contributed by atoms with Crippen LogP contribution in [-0.2, 0) is 16.6 Å². The van der Waals surface area contributed by atoms with Crippen LogP contribution in [0.3, 0.4) is 0 Å². The molecule has 152 valence electrons. The van der Waals surface area contributed by atoms with Crippen molar-refractivity contribution in [3.8, 4) is 11.5 Å². The van der Waals surface area contributed by atoms with Crippen molar-refractivity contribution in [3.05, 3.63) is 71.9 Å². The van der Waals surface area contributed by atoms with Gasteiger partial charge in [0, 0.05) is 38.3 Å². The molecule has 1 aromatic heterocycles. The van der Waals surface area contributed by atoms with Crippen LogP contribution in [0, 0.1) is 12.7 Å². The van der Waals surface area contributed by atoms with Gasteiger partial charge in [0.25, 0.3) is 0 Å². The summed E-state index contributed by atoms with van der Waals surface area (Å²) >= 11 is 0. The summed E-state index contributed by atoms with van der Waals surface area (Å²) in [5, 5.41) is 0. The first-order valence-electron chi connectivity index (χ1n) is 9.41. The number of hydrogen-bond donors (Lipinski definition) is 0. The van der Waals surface area contributed by atoms with E-state index in [9.17, 15) is 12.8 Å². The van der Waals surface area contributed by atoms with E-state index in [1.165, 1.54) is 16.4 Å². The Morgan fingerprint density at radius 2 is 1.66 bits per heavy atom. The Morgan fingerprint density at radius 1 is 1.00 bits per heavy atom. The maximum atomic E-state index is 13.1. The molecule has 0 unspecified atom stereocenters. The molecular weight excluding hydrogens is 393 g/mol. The predicted octanol–water partition coefficient (Wildman–Crippen LogP) is 3.30. The first-order chi connectivity index (χ1) is 13.9. The van der Waals surface area contributed by atoms with Gasteiger partial charge >= 0.3 is 0 Å². The summed E-state index contributed by atoms with van der Waals surface area (Å²) in [4.78, 5) is 6.94. The third-order valence-electron chi connectivity index (χ3n) is 5.02. The maximum absolute atomic E-state index is 13.1. The van der Waals surface area contributed by atoms with E-state index in [1.807, 2.05) is 19.1 Å². The molecular formula is C21H22FN3O3S. The second-order valence-electron chi connectivity index (χ2n) is 7.14. The Hall–Kier alpha value is -2.55. The van der Waals surface area contributed by atoms with Crippen molar-refractivity contribution in [2.45, 2.75) is 18.4 Å². The normalized spacial score (nSPS) is 16.2. The van der Waals surface area contributed by atoms with Gasteiger partial charge in [-0.05, 0) is 43.3 Å². The number of piperazine rings is 1. The zero-order valence-corrected chi connectivity index (χ0v) is 16.9. The van der Waals surface area contributed by atoms with Crippen molar-refractivity contribution in [1.29, 1.82) is 0 Å². The molecule has 6 nitrogen and oxygen atoms in total. The van der Waals surface area contributed by atoms with Crippen LogP contribution in [0.4, 0.5) is 4.39 Å². The smallest absolute Gasteiger partial charge is 0.243 e. The zero-order valence-electron chi connectivity index (χ0n) is 16.1. The van der Waals surface area contributed by atoms with Crippen LogP contribution in [0.1, 0.15) is 11.3 Å². The quantitative estimate of drug-likeness (QED) is 0.640. The minimum atomic E-state index is -3.47. The molecule has 8 heteroatoms. The average molecular weight is 415 g/mol. The van der Waals surface area contributed by atoms with Crippen LogP contribution in [0.2, 0.25) is 0 Å². The Labute approximate surface area is 169 Å². The molecule has 2 heterocycles. The number of hydrogen-bond acceptors (Lipinski definition) is 5. The molecule has 1 aliphatic rings. The van der Waals surface area contributed by atoms with E-state index in [1.54, 1.807) is 30.5 Å². The molecule has 0 atom stereocenters. The minimum absolute atomic E-state index is 0.306. The summed E-state index contributed by atoms with van der Waals surface area (Å²) in [6.45, 7) is 4.59. The maximum Gasteiger partial charge on any atom is 0.243 e. The molecule has 0 aliphatic carbocycles. The number of aromatic nitrogens is 1. The van der Waals surface area contributed by atoms with Crippen molar-refractivity contribution < 1.29 is 17.2 Å². The Balaban J connectivity index is 1.37. The first-order valence-corrected chi connectivity index (χ1v) is 10.9. The van der Waals surface area contributed by atoms with Crippen LogP contribution in [0.5, 0.6) is 0 Å². The summed E-state index contributed by atoms with van der Waals surface area (Å²) in [5.74, 6) is 0.138. The number of benzene rings is 2. The molecule has 1 saturated heterocycles. The molecule has 0 bridgehead atoms. The van der Waals surface area contributed by atoms with E-state index in [4.69, 9.17) is 4.42 Å². The molecule has 4 rings (SSSR count). The number of rotatable bonds is 5. The lowest BCUT2D eigenvalue weighted by Crippen LogP contribution is -2.48. The fourth-order valence-corrected chi connectivity index (χ4v) is 4.74. The van der Waals surface area contributed by atoms with E-state index in [0.29, 0.717) is 49.1 Å². The number of nitrogens with zero attached hydrogens (tertiary/aromatic N) is 3. The van der Waals surface area contributed by atoms with Crippen molar-refractivity contribution in [1.82, 2.24) is 14.2 Å². The lowest BCUT2D eigenvalue weighted by Gasteiger charge is -2.33. The molecule has 0 radical (unpaired) electrons. The number of sulfonamides is 1. The van der Waals surface area contributed by atoms with Gasteiger partial charge in [-0.25, -0.2) is 17.8 Å². The van der Waals surface area contributed by atoms with E-state index in [-0.39, 0.29) is 5.82 Å². The summed E-state index contributed by atoms with van der Waals surface area (Å²) in [6.07, 6.45) is 1.59. The highest BCUT2D eigenvalue weighted by molar-refractivity contribution is 7.89. The number of aryl methyl sites for hydroxylation is 1. The van der Waals surface area contributed by atoms with Crippen molar-refractivity contribution in [2.24, 2.45) is 0 Å². The van der Waals surface area contributed by atoms with Gasteiger partial charge in [-0.3, -0.25) is 4.90 Å². The lowest BCUT2D eigenvalue weighted by molar-refractivity contribution is 0.180. The van der Waals surface area contributed by atoms with Gasteiger partial charge in [-0.2, -0.15) is 4.31 Å². The van der Waals surface area contributed by atoms with E-state index in [0.717, 1.165) is 11.3 Å². The van der Waals surface area contributed by atoms with Crippen LogP contribution in [0.15, 0.2) is 64.1 Å². The highest BCUT2D eigenvalue weighted by Gasteiger charge is 2.28. The second kappa shape index (κ2) is 8.06. The second-order valence-corrected chi connectivity index (χ2v) is 9.08. The highest BCUT2D eigenvalue weighted by atomic mass is 32.2. The van der Waals surface area contributed by atoms with Gasteiger partial charge in [0.05, 0.1) is 10.6 Å². The summed E-state index contributed by atoms with van der Waals surface area (Å²) in [7, 11) is -3.47. The van der Waals surface area contributed by atoms with Crippen molar-refractivity contribution in [3.63, 3.8) is 0 Å². The van der Waals surface area contributed by atoms with Gasteiger partial charge in [0.15, 0.2) is 0 Å². The fourth-order valence-electron chi connectivity index (χ4n) is 3.32. The fraction of sp³-hybridized carbons (Fsp3) is 0.286. The van der Waals surface area contributed by atoms with E-state index in [2.05, 4.69) is 9.88 Å². The summed E-state index contributed by atoms with van der Waals surface area (Å²) in [6, 6.07) is 12.9. The lowest BCUT2D eigenvalue weighted by atomic mass is 10.2. The van der Waals surface area contributed by atoms with Crippen LogP contribution < -0.4 is 0 Å². The van der Waals surface area contributed by atoms with Crippen LogP contribution in [-0.4, -0.2) is 48.8 Å². The molecule has 3 aromatic rings. The van der Waals surface area contributed by atoms with Gasteiger partial charge in [0.2, 0.25) is 15.9 Å². The summed E-state index contributed by atoms with van der Waals surface area (Å²) in [5.41, 5.74) is 2.51. The highest BCUT2D eigenvalue weighted by Crippen LogP contribution is 2.21. The topological polar surface area (TPSA) is 66.7 Å². The van der Waals surface area contributed by atoms with Gasteiger partial charge < -0.3 is 4.42 Å². The molecule has 0 N–H and O–H groups in total. The Bertz CT molecular complexity index is 1070. The Morgan fingerprint density at radius 3 is 2.31 bits per heavy atom. The third kappa shape index (κ3) is 4.39. The van der Waals surface area contributed by atoms with Gasteiger partial charge in [0.1, 0.15) is 12.1 Å². The molecule has 2 aromatic carbocycles. The monoisotopic (exact) mass is 415 g/mol. The molecule has 1 aliphatic heterocycles. The molecule has 29 heavy (non-hydrogen) atoms. The largest absolute Gasteiger partial charge is 0.444 e. The summed E-state index contributed by atoms with van der Waals surface area (Å²) < 4.78 is 45.7. The van der Waals surface area contributed by atoms with E-state index >= 15 is 0 Å². The number of oxazole rings is 1. The van der Waals surface area contributed by atoms with Crippen molar-refractivity contribution >= 4 is 10.0 Å². The van der Waals surface area contributed by atoms with Crippen LogP contribution >= 0.6 is 0 Å². The van der Waals surface area contributed by atoms with E-state index < -0.39 is 10.0 Å². The van der Waals surface area contributed by atoms with Crippen molar-refractivity contribution in [2.75, 3.05) is 26.2 Å². The predicted molar refractivity (Wildman–Crippen MR) is 107 cm³/mol. The number of halogens is 1.